The SMILES string of the molecule is COc1c(C)c(C)cc(-c2nc(N)nc(N)c2C#N)c1O. The second-order valence-electron chi connectivity index (χ2n) is 4.55. The van der Waals surface area contributed by atoms with E-state index in [2.05, 4.69) is 9.97 Å². The third kappa shape index (κ3) is 2.27. The minimum absolute atomic E-state index is 0.0309. The molecule has 0 fully saturated rings. The highest BCUT2D eigenvalue weighted by Crippen LogP contribution is 2.42. The molecule has 1 aromatic heterocycles. The maximum Gasteiger partial charge on any atom is 0.222 e. The van der Waals surface area contributed by atoms with E-state index in [-0.39, 0.29) is 28.8 Å². The molecule has 0 spiro atoms. The lowest BCUT2D eigenvalue weighted by molar-refractivity contribution is 0.371. The van der Waals surface area contributed by atoms with Gasteiger partial charge in [0.15, 0.2) is 11.5 Å². The normalized spacial score (nSPS) is 10.2. The van der Waals surface area contributed by atoms with Crippen LogP contribution in [0, 0.1) is 25.2 Å². The first-order valence-electron chi connectivity index (χ1n) is 6.11. The summed E-state index contributed by atoms with van der Waals surface area (Å²) in [5, 5.41) is 19.6. The number of hydrogen-bond donors (Lipinski definition) is 3. The highest BCUT2D eigenvalue weighted by Gasteiger charge is 2.21. The monoisotopic (exact) mass is 285 g/mol. The van der Waals surface area contributed by atoms with Crippen molar-refractivity contribution < 1.29 is 9.84 Å². The number of rotatable bonds is 2. The van der Waals surface area contributed by atoms with E-state index in [1.54, 1.807) is 6.07 Å². The topological polar surface area (TPSA) is 131 Å². The van der Waals surface area contributed by atoms with Crippen LogP contribution in [0.2, 0.25) is 0 Å². The summed E-state index contributed by atoms with van der Waals surface area (Å²) in [6, 6.07) is 3.63. The summed E-state index contributed by atoms with van der Waals surface area (Å²) in [7, 11) is 1.46. The van der Waals surface area contributed by atoms with Gasteiger partial charge in [-0.2, -0.15) is 10.2 Å². The fourth-order valence-corrected chi connectivity index (χ4v) is 2.10. The quantitative estimate of drug-likeness (QED) is 0.762. The molecule has 1 aromatic carbocycles. The zero-order valence-electron chi connectivity index (χ0n) is 11.9. The second-order valence-corrected chi connectivity index (χ2v) is 4.55. The van der Waals surface area contributed by atoms with Crippen LogP contribution in [-0.2, 0) is 0 Å². The number of phenols is 1. The average Bonchev–Trinajstić information content (AvgIpc) is 2.43. The maximum absolute atomic E-state index is 10.4. The molecule has 7 heteroatoms. The largest absolute Gasteiger partial charge is 0.504 e. The highest BCUT2D eigenvalue weighted by atomic mass is 16.5. The van der Waals surface area contributed by atoms with Gasteiger partial charge in [0.25, 0.3) is 0 Å². The van der Waals surface area contributed by atoms with E-state index >= 15 is 0 Å². The van der Waals surface area contributed by atoms with Crippen molar-refractivity contribution in [2.75, 3.05) is 18.6 Å². The van der Waals surface area contributed by atoms with Crippen LogP contribution in [0.15, 0.2) is 6.07 Å². The Morgan fingerprint density at radius 3 is 2.52 bits per heavy atom. The number of hydrogen-bond acceptors (Lipinski definition) is 7. The Balaban J connectivity index is 2.86. The van der Waals surface area contributed by atoms with E-state index in [1.807, 2.05) is 19.9 Å². The van der Waals surface area contributed by atoms with Gasteiger partial charge in [-0.1, -0.05) is 0 Å². The number of nitrogens with two attached hydrogens (primary N) is 2. The predicted molar refractivity (Wildman–Crippen MR) is 78.7 cm³/mol. The molecule has 0 atom stereocenters. The Hall–Kier alpha value is -3.01. The van der Waals surface area contributed by atoms with E-state index in [0.717, 1.165) is 11.1 Å². The van der Waals surface area contributed by atoms with Crippen LogP contribution in [0.1, 0.15) is 16.7 Å². The van der Waals surface area contributed by atoms with E-state index in [0.29, 0.717) is 11.3 Å². The van der Waals surface area contributed by atoms with Crippen molar-refractivity contribution in [1.29, 1.82) is 5.26 Å². The number of aromatic hydroxyl groups is 1. The van der Waals surface area contributed by atoms with E-state index in [9.17, 15) is 10.4 Å². The molecule has 7 nitrogen and oxygen atoms in total. The fourth-order valence-electron chi connectivity index (χ4n) is 2.10. The molecule has 0 saturated carbocycles. The van der Waals surface area contributed by atoms with Gasteiger partial charge in [-0.05, 0) is 31.0 Å². The van der Waals surface area contributed by atoms with Gasteiger partial charge in [-0.3, -0.25) is 0 Å². The number of nitrogens with zero attached hydrogens (tertiary/aromatic N) is 3. The molecule has 2 aromatic rings. The Morgan fingerprint density at radius 1 is 1.29 bits per heavy atom. The number of methoxy groups -OCH3 is 1. The number of aromatic nitrogens is 2. The Bertz CT molecular complexity index is 765. The minimum atomic E-state index is -0.116. The first-order valence-corrected chi connectivity index (χ1v) is 6.11. The van der Waals surface area contributed by atoms with Crippen molar-refractivity contribution in [2.45, 2.75) is 13.8 Å². The molecule has 0 amide bonds. The van der Waals surface area contributed by atoms with Gasteiger partial charge in [0, 0.05) is 5.56 Å². The van der Waals surface area contributed by atoms with Gasteiger partial charge in [-0.25, -0.2) is 4.98 Å². The Morgan fingerprint density at radius 2 is 1.95 bits per heavy atom. The number of phenolic OH excluding ortho intramolecular Hbond substituents is 1. The molecule has 0 saturated heterocycles. The Labute approximate surface area is 121 Å². The summed E-state index contributed by atoms with van der Waals surface area (Å²) in [5.41, 5.74) is 13.5. The number of ether oxygens (including phenoxy) is 1. The number of benzene rings is 1. The van der Waals surface area contributed by atoms with Gasteiger partial charge in [-0.15, -0.1) is 0 Å². The summed E-state index contributed by atoms with van der Waals surface area (Å²) < 4.78 is 5.21. The van der Waals surface area contributed by atoms with E-state index < -0.39 is 0 Å². The van der Waals surface area contributed by atoms with Gasteiger partial charge < -0.3 is 21.3 Å². The van der Waals surface area contributed by atoms with Crippen molar-refractivity contribution in [2.24, 2.45) is 0 Å². The molecule has 0 unspecified atom stereocenters. The molecule has 0 radical (unpaired) electrons. The maximum atomic E-state index is 10.4. The van der Waals surface area contributed by atoms with Crippen LogP contribution in [-0.4, -0.2) is 22.2 Å². The molecule has 108 valence electrons. The predicted octanol–water partition coefficient (Wildman–Crippen LogP) is 1.51. The lowest BCUT2D eigenvalue weighted by atomic mass is 9.99. The number of nitriles is 1. The van der Waals surface area contributed by atoms with Crippen LogP contribution >= 0.6 is 0 Å². The van der Waals surface area contributed by atoms with Crippen LogP contribution in [0.25, 0.3) is 11.3 Å². The second kappa shape index (κ2) is 5.17. The lowest BCUT2D eigenvalue weighted by Crippen LogP contribution is -2.05. The van der Waals surface area contributed by atoms with Crippen molar-refractivity contribution in [3.8, 4) is 28.8 Å². The van der Waals surface area contributed by atoms with Crippen LogP contribution in [0.3, 0.4) is 0 Å². The first kappa shape index (κ1) is 14.4. The van der Waals surface area contributed by atoms with Crippen LogP contribution < -0.4 is 16.2 Å². The van der Waals surface area contributed by atoms with Crippen molar-refractivity contribution in [3.63, 3.8) is 0 Å². The number of aryl methyl sites for hydroxylation is 1. The zero-order chi connectivity index (χ0) is 15.7. The molecule has 1 heterocycles. The number of nitrogen functional groups attached to an aromatic ring is 2. The van der Waals surface area contributed by atoms with E-state index in [1.165, 1.54) is 7.11 Å². The standard InChI is InChI=1S/C14H15N5O2/c1-6-4-8(11(20)12(21-3)7(6)2)10-9(5-15)13(16)19-14(17)18-10/h4,20H,1-3H3,(H4,16,17,18,19). The Kier molecular flexibility index (Phi) is 3.54. The first-order chi connectivity index (χ1) is 9.90. The molecule has 0 aliphatic carbocycles. The van der Waals surface area contributed by atoms with Crippen LogP contribution in [0.4, 0.5) is 11.8 Å². The molecular formula is C14H15N5O2. The molecule has 0 bridgehead atoms. The molecule has 0 aliphatic rings. The molecule has 5 N–H and O–H groups in total. The summed E-state index contributed by atoms with van der Waals surface area (Å²) in [6.45, 7) is 3.69. The van der Waals surface area contributed by atoms with Gasteiger partial charge >= 0.3 is 0 Å². The summed E-state index contributed by atoms with van der Waals surface area (Å²) in [4.78, 5) is 7.78. The molecule has 0 aliphatic heterocycles. The van der Waals surface area contributed by atoms with Gasteiger partial charge in [0.1, 0.15) is 17.5 Å². The minimum Gasteiger partial charge on any atom is -0.504 e. The molecule has 2 rings (SSSR count). The van der Waals surface area contributed by atoms with Gasteiger partial charge in [0.2, 0.25) is 5.95 Å². The smallest absolute Gasteiger partial charge is 0.222 e. The van der Waals surface area contributed by atoms with Crippen LogP contribution in [0.5, 0.6) is 11.5 Å². The summed E-state index contributed by atoms with van der Waals surface area (Å²) >= 11 is 0. The fraction of sp³-hybridized carbons (Fsp3) is 0.214. The number of anilines is 2. The van der Waals surface area contributed by atoms with Gasteiger partial charge in [0.05, 0.1) is 12.8 Å². The average molecular weight is 285 g/mol. The van der Waals surface area contributed by atoms with Crippen molar-refractivity contribution in [1.82, 2.24) is 9.97 Å². The van der Waals surface area contributed by atoms with Crippen molar-refractivity contribution in [3.05, 3.63) is 22.8 Å². The molecule has 21 heavy (non-hydrogen) atoms. The van der Waals surface area contributed by atoms with E-state index in [4.69, 9.17) is 16.2 Å². The highest BCUT2D eigenvalue weighted by molar-refractivity contribution is 5.80. The third-order valence-electron chi connectivity index (χ3n) is 3.29. The summed E-state index contributed by atoms with van der Waals surface area (Å²) in [6.07, 6.45) is 0. The van der Waals surface area contributed by atoms with Crippen molar-refractivity contribution >= 4 is 11.8 Å². The molecular weight excluding hydrogens is 270 g/mol. The third-order valence-corrected chi connectivity index (χ3v) is 3.29. The lowest BCUT2D eigenvalue weighted by Gasteiger charge is -2.15. The zero-order valence-corrected chi connectivity index (χ0v) is 11.9. The summed E-state index contributed by atoms with van der Waals surface area (Å²) in [5.74, 6) is 0.105.